The number of sulfone groups is 1. The van der Waals surface area contributed by atoms with Crippen LogP contribution >= 0.6 is 0 Å². The molecule has 0 bridgehead atoms. The normalized spacial score (nSPS) is 23.4. The predicted molar refractivity (Wildman–Crippen MR) is 70.9 cm³/mol. The number of rotatable bonds is 4. The molecule has 1 aromatic rings. The summed E-state index contributed by atoms with van der Waals surface area (Å²) in [6.07, 6.45) is 0.581. The van der Waals surface area contributed by atoms with Crippen LogP contribution in [-0.2, 0) is 24.1 Å². The van der Waals surface area contributed by atoms with Crippen molar-refractivity contribution in [2.24, 2.45) is 0 Å². The Morgan fingerprint density at radius 1 is 1.05 bits per heavy atom. The molecule has 5 nitrogen and oxygen atoms in total. The van der Waals surface area contributed by atoms with Crippen LogP contribution in [0.4, 0.5) is 8.78 Å². The Balaban J connectivity index is 2.22. The maximum Gasteiger partial charge on any atom is 0.264 e. The van der Waals surface area contributed by atoms with Crippen LogP contribution in [0, 0.1) is 11.6 Å². The van der Waals surface area contributed by atoms with E-state index in [2.05, 4.69) is 0 Å². The summed E-state index contributed by atoms with van der Waals surface area (Å²) in [5.41, 5.74) is 0. The van der Waals surface area contributed by atoms with Crippen LogP contribution < -0.4 is 0 Å². The zero-order valence-electron chi connectivity index (χ0n) is 11.1. The average Bonchev–Trinajstić information content (AvgIpc) is 2.74. The molecule has 0 heterocycles. The minimum Gasteiger partial charge on any atom is -0.267 e. The summed E-state index contributed by atoms with van der Waals surface area (Å²) in [6, 6.07) is 2.09. The summed E-state index contributed by atoms with van der Waals surface area (Å²) in [6.45, 7) is 0. The highest BCUT2D eigenvalue weighted by molar-refractivity contribution is 7.92. The van der Waals surface area contributed by atoms with Crippen molar-refractivity contribution in [2.45, 2.75) is 35.5 Å². The Hall–Kier alpha value is -1.06. The number of benzene rings is 1. The van der Waals surface area contributed by atoms with E-state index in [4.69, 9.17) is 4.18 Å². The first kappa shape index (κ1) is 16.3. The zero-order valence-corrected chi connectivity index (χ0v) is 12.8. The molecule has 1 aromatic carbocycles. The highest BCUT2D eigenvalue weighted by Gasteiger charge is 2.37. The van der Waals surface area contributed by atoms with Crippen molar-refractivity contribution in [3.8, 4) is 0 Å². The zero-order chi connectivity index (χ0) is 15.8. The van der Waals surface area contributed by atoms with Gasteiger partial charge in [-0.25, -0.2) is 17.2 Å². The van der Waals surface area contributed by atoms with E-state index < -0.39 is 47.8 Å². The smallest absolute Gasteiger partial charge is 0.264 e. The number of hydrogen-bond donors (Lipinski definition) is 0. The molecule has 0 unspecified atom stereocenters. The van der Waals surface area contributed by atoms with Gasteiger partial charge >= 0.3 is 0 Å². The molecule has 0 aliphatic heterocycles. The summed E-state index contributed by atoms with van der Waals surface area (Å²) in [5.74, 6) is -1.95. The fourth-order valence-electron chi connectivity index (χ4n) is 2.40. The molecule has 21 heavy (non-hydrogen) atoms. The van der Waals surface area contributed by atoms with Crippen LogP contribution in [0.15, 0.2) is 23.1 Å². The molecule has 9 heteroatoms. The maximum absolute atomic E-state index is 13.1. The van der Waals surface area contributed by atoms with Crippen LogP contribution in [0.5, 0.6) is 0 Å². The van der Waals surface area contributed by atoms with E-state index in [-0.39, 0.29) is 19.3 Å². The van der Waals surface area contributed by atoms with E-state index in [1.807, 2.05) is 0 Å². The van der Waals surface area contributed by atoms with Crippen LogP contribution in [0.2, 0.25) is 0 Å². The second kappa shape index (κ2) is 5.62. The standard InChI is InChI=1S/C12H14F2O5S2/c1-20(15,16)19-10-2-3-11(7-10)21(17,18)12-5-8(13)4-9(14)6-12/h4-6,10-11H,2-3,7H2,1H3/t10-,11-/m1/s1. The first-order chi connectivity index (χ1) is 9.58. The topological polar surface area (TPSA) is 77.5 Å². The maximum atomic E-state index is 13.1. The average molecular weight is 340 g/mol. The molecule has 0 spiro atoms. The summed E-state index contributed by atoms with van der Waals surface area (Å²) in [5, 5.41) is -0.912. The van der Waals surface area contributed by atoms with Gasteiger partial charge in [0.25, 0.3) is 10.1 Å². The number of halogens is 2. The second-order valence-corrected chi connectivity index (χ2v) is 8.84. The van der Waals surface area contributed by atoms with Gasteiger partial charge in [-0.2, -0.15) is 8.42 Å². The molecule has 2 rings (SSSR count). The fourth-order valence-corrected chi connectivity index (χ4v) is 4.92. The van der Waals surface area contributed by atoms with Crippen molar-refractivity contribution in [3.63, 3.8) is 0 Å². The van der Waals surface area contributed by atoms with E-state index in [0.717, 1.165) is 18.4 Å². The molecule has 0 amide bonds. The Kier molecular flexibility index (Phi) is 4.36. The third kappa shape index (κ3) is 3.98. The third-order valence-corrected chi connectivity index (χ3v) is 6.07. The molecule has 0 radical (unpaired) electrons. The van der Waals surface area contributed by atoms with E-state index in [1.165, 1.54) is 0 Å². The van der Waals surface area contributed by atoms with Crippen LogP contribution in [0.25, 0.3) is 0 Å². The first-order valence-corrected chi connectivity index (χ1v) is 9.52. The van der Waals surface area contributed by atoms with Crippen LogP contribution in [-0.4, -0.2) is 34.4 Å². The van der Waals surface area contributed by atoms with Crippen LogP contribution in [0.3, 0.4) is 0 Å². The lowest BCUT2D eigenvalue weighted by molar-refractivity contribution is 0.220. The Morgan fingerprint density at radius 3 is 2.14 bits per heavy atom. The fraction of sp³-hybridized carbons (Fsp3) is 0.500. The van der Waals surface area contributed by atoms with Gasteiger partial charge in [-0.15, -0.1) is 0 Å². The lowest BCUT2D eigenvalue weighted by atomic mass is 10.3. The molecule has 1 aliphatic rings. The van der Waals surface area contributed by atoms with Crippen molar-refractivity contribution in [3.05, 3.63) is 29.8 Å². The molecule has 2 atom stereocenters. The molecular weight excluding hydrogens is 326 g/mol. The summed E-state index contributed by atoms with van der Waals surface area (Å²) < 4.78 is 77.7. The highest BCUT2D eigenvalue weighted by Crippen LogP contribution is 2.32. The van der Waals surface area contributed by atoms with Crippen LogP contribution in [0.1, 0.15) is 19.3 Å². The van der Waals surface area contributed by atoms with Gasteiger partial charge in [-0.05, 0) is 31.4 Å². The van der Waals surface area contributed by atoms with Gasteiger partial charge in [0, 0.05) is 6.07 Å². The Bertz CT molecular complexity index is 723. The highest BCUT2D eigenvalue weighted by atomic mass is 32.2. The van der Waals surface area contributed by atoms with Crippen molar-refractivity contribution in [1.82, 2.24) is 0 Å². The monoisotopic (exact) mass is 340 g/mol. The molecular formula is C12H14F2O5S2. The summed E-state index contributed by atoms with van der Waals surface area (Å²) in [4.78, 5) is -0.440. The van der Waals surface area contributed by atoms with Gasteiger partial charge in [0.1, 0.15) is 11.6 Å². The largest absolute Gasteiger partial charge is 0.267 e. The van der Waals surface area contributed by atoms with Crippen molar-refractivity contribution in [2.75, 3.05) is 6.26 Å². The van der Waals surface area contributed by atoms with Crippen molar-refractivity contribution >= 4 is 20.0 Å². The first-order valence-electron chi connectivity index (χ1n) is 6.16. The lowest BCUT2D eigenvalue weighted by Gasteiger charge is -2.12. The molecule has 1 aliphatic carbocycles. The van der Waals surface area contributed by atoms with E-state index in [0.29, 0.717) is 6.07 Å². The number of hydrogen-bond acceptors (Lipinski definition) is 5. The second-order valence-electron chi connectivity index (χ2n) is 5.01. The minimum absolute atomic E-state index is 0.0203. The van der Waals surface area contributed by atoms with Crippen molar-refractivity contribution < 1.29 is 29.8 Å². The summed E-state index contributed by atoms with van der Waals surface area (Å²) >= 11 is 0. The van der Waals surface area contributed by atoms with Gasteiger partial charge in [-0.1, -0.05) is 0 Å². The molecule has 0 aromatic heterocycles. The third-order valence-electron chi connectivity index (χ3n) is 3.25. The van der Waals surface area contributed by atoms with Gasteiger partial charge < -0.3 is 0 Å². The predicted octanol–water partition coefficient (Wildman–Crippen LogP) is 1.64. The Labute approximate surface area is 122 Å². The quantitative estimate of drug-likeness (QED) is 0.779. The Morgan fingerprint density at radius 2 is 1.62 bits per heavy atom. The molecule has 0 saturated heterocycles. The van der Waals surface area contributed by atoms with Gasteiger partial charge in [0.2, 0.25) is 0 Å². The van der Waals surface area contributed by atoms with Gasteiger partial charge in [0.15, 0.2) is 9.84 Å². The molecule has 1 saturated carbocycles. The van der Waals surface area contributed by atoms with Crippen molar-refractivity contribution in [1.29, 1.82) is 0 Å². The SMILES string of the molecule is CS(=O)(=O)O[C@@H]1CC[C@@H](S(=O)(=O)c2cc(F)cc(F)c2)C1. The lowest BCUT2D eigenvalue weighted by Crippen LogP contribution is -2.21. The van der Waals surface area contributed by atoms with Gasteiger partial charge in [-0.3, -0.25) is 4.18 Å². The molecule has 118 valence electrons. The van der Waals surface area contributed by atoms with E-state index in [9.17, 15) is 25.6 Å². The van der Waals surface area contributed by atoms with E-state index in [1.54, 1.807) is 0 Å². The summed E-state index contributed by atoms with van der Waals surface area (Å²) in [7, 11) is -7.60. The van der Waals surface area contributed by atoms with Gasteiger partial charge in [0.05, 0.1) is 22.5 Å². The van der Waals surface area contributed by atoms with E-state index >= 15 is 0 Å². The minimum atomic E-state index is -3.93. The molecule has 0 N–H and O–H groups in total. The molecule has 1 fully saturated rings.